The minimum atomic E-state index is -0.871. The van der Waals surface area contributed by atoms with E-state index < -0.39 is 24.0 Å². The lowest BCUT2D eigenvalue weighted by molar-refractivity contribution is -0.143. The summed E-state index contributed by atoms with van der Waals surface area (Å²) >= 11 is 0. The van der Waals surface area contributed by atoms with E-state index in [2.05, 4.69) is 29.6 Å². The lowest BCUT2D eigenvalue weighted by atomic mass is 9.89. The highest BCUT2D eigenvalue weighted by Gasteiger charge is 2.31. The van der Waals surface area contributed by atoms with Crippen molar-refractivity contribution >= 4 is 12.1 Å². The van der Waals surface area contributed by atoms with Crippen molar-refractivity contribution in [3.05, 3.63) is 71.8 Å². The fourth-order valence-corrected chi connectivity index (χ4v) is 4.45. The smallest absolute Gasteiger partial charge is 0.407 e. The van der Waals surface area contributed by atoms with E-state index in [0.717, 1.165) is 17.5 Å². The monoisotopic (exact) mass is 391 g/mol. The number of hydrogen-bond donors (Lipinski definition) is 2. The van der Waals surface area contributed by atoms with Crippen LogP contribution >= 0.6 is 0 Å². The number of nitrogens with one attached hydrogen (secondary N) is 1. The molecule has 2 N–H and O–H groups in total. The summed E-state index contributed by atoms with van der Waals surface area (Å²) in [7, 11) is 0. The van der Waals surface area contributed by atoms with Crippen LogP contribution in [-0.4, -0.2) is 29.8 Å². The molecule has 0 unspecified atom stereocenters. The molecule has 2 aromatic rings. The van der Waals surface area contributed by atoms with Gasteiger partial charge in [0.2, 0.25) is 0 Å². The zero-order valence-corrected chi connectivity index (χ0v) is 16.2. The van der Waals surface area contributed by atoms with E-state index in [0.29, 0.717) is 19.3 Å². The fraction of sp³-hybridized carbons (Fsp3) is 0.333. The molecule has 0 aromatic heterocycles. The molecule has 2 aliphatic rings. The molecule has 5 heteroatoms. The number of alkyl carbamates (subject to hydrolysis) is 1. The van der Waals surface area contributed by atoms with Crippen molar-refractivity contribution in [2.45, 2.75) is 37.6 Å². The molecular weight excluding hydrogens is 366 g/mol. The second-order valence-electron chi connectivity index (χ2n) is 7.65. The van der Waals surface area contributed by atoms with Crippen LogP contribution in [0.2, 0.25) is 0 Å². The normalized spacial score (nSPS) is 21.9. The second kappa shape index (κ2) is 8.52. The summed E-state index contributed by atoms with van der Waals surface area (Å²) in [6.07, 6.45) is 6.08. The van der Waals surface area contributed by atoms with Gasteiger partial charge in [0.15, 0.2) is 0 Å². The van der Waals surface area contributed by atoms with Gasteiger partial charge < -0.3 is 15.2 Å². The van der Waals surface area contributed by atoms with Crippen molar-refractivity contribution < 1.29 is 19.4 Å². The summed E-state index contributed by atoms with van der Waals surface area (Å²) < 4.78 is 5.58. The number of benzene rings is 2. The van der Waals surface area contributed by atoms with Gasteiger partial charge >= 0.3 is 12.1 Å². The zero-order valence-electron chi connectivity index (χ0n) is 16.2. The van der Waals surface area contributed by atoms with Crippen molar-refractivity contribution in [1.82, 2.24) is 5.32 Å². The largest absolute Gasteiger partial charge is 0.481 e. The van der Waals surface area contributed by atoms with Crippen molar-refractivity contribution in [2.75, 3.05) is 6.61 Å². The number of allylic oxidation sites excluding steroid dienone is 2. The molecule has 0 heterocycles. The summed E-state index contributed by atoms with van der Waals surface area (Å²) in [6.45, 7) is 0.226. The molecule has 5 nitrogen and oxygen atoms in total. The maximum absolute atomic E-state index is 12.5. The molecule has 0 radical (unpaired) electrons. The number of hydrogen-bond acceptors (Lipinski definition) is 3. The van der Waals surface area contributed by atoms with Gasteiger partial charge in [-0.3, -0.25) is 4.79 Å². The summed E-state index contributed by atoms with van der Waals surface area (Å²) in [5, 5.41) is 12.4. The predicted molar refractivity (Wildman–Crippen MR) is 111 cm³/mol. The highest BCUT2D eigenvalue weighted by molar-refractivity contribution is 5.79. The number of carbonyl (C=O) groups excluding carboxylic acids is 1. The number of rotatable bonds is 4. The van der Waals surface area contributed by atoms with Crippen LogP contribution in [0.25, 0.3) is 11.1 Å². The molecule has 2 aromatic carbocycles. The number of carboxylic acid groups (broad SMARTS) is 1. The van der Waals surface area contributed by atoms with Gasteiger partial charge in [-0.2, -0.15) is 0 Å². The van der Waals surface area contributed by atoms with Gasteiger partial charge in [0.1, 0.15) is 6.61 Å². The molecule has 29 heavy (non-hydrogen) atoms. The summed E-state index contributed by atoms with van der Waals surface area (Å²) in [5.74, 6) is -1.48. The Morgan fingerprint density at radius 3 is 2.14 bits per heavy atom. The molecule has 0 saturated heterocycles. The second-order valence-corrected chi connectivity index (χ2v) is 7.65. The van der Waals surface area contributed by atoms with Crippen LogP contribution in [0.3, 0.4) is 0 Å². The van der Waals surface area contributed by atoms with Crippen LogP contribution in [0, 0.1) is 5.92 Å². The molecule has 4 rings (SSSR count). The predicted octanol–water partition coefficient (Wildman–Crippen LogP) is 4.72. The van der Waals surface area contributed by atoms with Crippen LogP contribution in [0.1, 0.15) is 42.7 Å². The van der Waals surface area contributed by atoms with Gasteiger partial charge in [-0.25, -0.2) is 4.79 Å². The maximum Gasteiger partial charge on any atom is 0.407 e. The lowest BCUT2D eigenvalue weighted by Gasteiger charge is -2.26. The average Bonchev–Trinajstić information content (AvgIpc) is 3.02. The quantitative estimate of drug-likeness (QED) is 0.739. The van der Waals surface area contributed by atoms with Crippen LogP contribution in [0.15, 0.2) is 60.7 Å². The number of ether oxygens (including phenoxy) is 1. The third kappa shape index (κ3) is 4.04. The first-order chi connectivity index (χ1) is 14.1. The standard InChI is InChI=1S/C24H25NO4/c26-23(27)20-13-3-1-2-4-14-22(20)25-24(28)29-15-21-18-11-7-5-9-16(18)17-10-6-8-12-19(17)21/h1-2,5-12,20-22H,3-4,13-15H2,(H,25,28)(H,26,27)/b2-1-/t20-,22+/m0/s1. The first-order valence-electron chi connectivity index (χ1n) is 10.1. The summed E-state index contributed by atoms with van der Waals surface area (Å²) in [5.41, 5.74) is 4.66. The minimum Gasteiger partial charge on any atom is -0.481 e. The molecular formula is C24H25NO4. The van der Waals surface area contributed by atoms with Crippen LogP contribution < -0.4 is 5.32 Å². The van der Waals surface area contributed by atoms with Crippen molar-refractivity contribution in [3.63, 3.8) is 0 Å². The van der Waals surface area contributed by atoms with E-state index in [4.69, 9.17) is 4.74 Å². The number of carbonyl (C=O) groups is 2. The molecule has 1 amide bonds. The first kappa shape index (κ1) is 19.2. The Labute approximate surface area is 170 Å². The van der Waals surface area contributed by atoms with Gasteiger partial charge in [-0.05, 0) is 47.9 Å². The van der Waals surface area contributed by atoms with E-state index in [9.17, 15) is 14.7 Å². The Balaban J connectivity index is 1.44. The number of fused-ring (bicyclic) bond motifs is 3. The van der Waals surface area contributed by atoms with Gasteiger partial charge in [0.05, 0.1) is 5.92 Å². The van der Waals surface area contributed by atoms with Crippen molar-refractivity contribution in [1.29, 1.82) is 0 Å². The minimum absolute atomic E-state index is 0.0105. The zero-order chi connectivity index (χ0) is 20.2. The van der Waals surface area contributed by atoms with E-state index in [-0.39, 0.29) is 12.5 Å². The molecule has 0 saturated carbocycles. The van der Waals surface area contributed by atoms with Crippen LogP contribution in [-0.2, 0) is 9.53 Å². The van der Waals surface area contributed by atoms with Gasteiger partial charge in [0.25, 0.3) is 0 Å². The lowest BCUT2D eigenvalue weighted by Crippen LogP contribution is -2.44. The summed E-state index contributed by atoms with van der Waals surface area (Å²) in [4.78, 5) is 24.2. The van der Waals surface area contributed by atoms with Gasteiger partial charge in [-0.1, -0.05) is 60.7 Å². The van der Waals surface area contributed by atoms with E-state index in [1.165, 1.54) is 11.1 Å². The van der Waals surface area contributed by atoms with E-state index >= 15 is 0 Å². The topological polar surface area (TPSA) is 75.6 Å². The number of aliphatic carboxylic acids is 1. The molecule has 0 bridgehead atoms. The Morgan fingerprint density at radius 1 is 0.931 bits per heavy atom. The Kier molecular flexibility index (Phi) is 5.65. The fourth-order valence-electron chi connectivity index (χ4n) is 4.45. The Hall–Kier alpha value is -3.08. The van der Waals surface area contributed by atoms with Crippen LogP contribution in [0.5, 0.6) is 0 Å². The first-order valence-corrected chi connectivity index (χ1v) is 10.1. The highest BCUT2D eigenvalue weighted by Crippen LogP contribution is 2.44. The molecule has 0 fully saturated rings. The third-order valence-corrected chi connectivity index (χ3v) is 5.91. The molecule has 150 valence electrons. The van der Waals surface area contributed by atoms with Crippen molar-refractivity contribution in [2.24, 2.45) is 5.92 Å². The Bertz CT molecular complexity index is 890. The number of amides is 1. The average molecular weight is 391 g/mol. The van der Waals surface area contributed by atoms with Crippen LogP contribution in [0.4, 0.5) is 4.79 Å². The Morgan fingerprint density at radius 2 is 1.52 bits per heavy atom. The maximum atomic E-state index is 12.5. The van der Waals surface area contributed by atoms with Crippen molar-refractivity contribution in [3.8, 4) is 11.1 Å². The summed E-state index contributed by atoms with van der Waals surface area (Å²) in [6, 6.07) is 15.9. The van der Waals surface area contributed by atoms with E-state index in [1.54, 1.807) is 0 Å². The molecule has 0 aliphatic heterocycles. The molecule has 2 atom stereocenters. The van der Waals surface area contributed by atoms with Gasteiger partial charge in [0, 0.05) is 12.0 Å². The SMILES string of the molecule is O=C(N[C@@H]1CC/C=C\CC[C@@H]1C(=O)O)OCC1c2ccccc2-c2ccccc21. The van der Waals surface area contributed by atoms with E-state index in [1.807, 2.05) is 36.4 Å². The highest BCUT2D eigenvalue weighted by atomic mass is 16.5. The van der Waals surface area contributed by atoms with Gasteiger partial charge in [-0.15, -0.1) is 0 Å². The molecule has 0 spiro atoms. The molecule has 2 aliphatic carbocycles. The number of carboxylic acids is 1. The third-order valence-electron chi connectivity index (χ3n) is 5.91.